The van der Waals surface area contributed by atoms with Gasteiger partial charge in [-0.2, -0.15) is 0 Å². The molecule has 0 radical (unpaired) electrons. The Hall–Kier alpha value is -1.13. The summed E-state index contributed by atoms with van der Waals surface area (Å²) >= 11 is 4.98. The Morgan fingerprint density at radius 2 is 2.12 bits per heavy atom. The lowest BCUT2D eigenvalue weighted by atomic mass is 10.1. The van der Waals surface area contributed by atoms with Crippen molar-refractivity contribution in [3.8, 4) is 0 Å². The molecule has 1 aromatic rings. The quantitative estimate of drug-likeness (QED) is 0.785. The Morgan fingerprint density at radius 1 is 1.47 bits per heavy atom. The van der Waals surface area contributed by atoms with Crippen molar-refractivity contribution in [3.05, 3.63) is 29.3 Å². The molecule has 1 unspecified atom stereocenters. The van der Waals surface area contributed by atoms with E-state index >= 15 is 0 Å². The first-order valence-corrected chi connectivity index (χ1v) is 6.13. The molecule has 1 aromatic carbocycles. The van der Waals surface area contributed by atoms with Crippen molar-refractivity contribution in [2.45, 2.75) is 19.9 Å². The van der Waals surface area contributed by atoms with Crippen LogP contribution in [0.25, 0.3) is 0 Å². The van der Waals surface area contributed by atoms with E-state index in [4.69, 9.17) is 18.0 Å². The summed E-state index contributed by atoms with van der Waals surface area (Å²) in [5.41, 5.74) is 8.80. The number of rotatable bonds is 5. The lowest BCUT2D eigenvalue weighted by Crippen LogP contribution is -2.31. The van der Waals surface area contributed by atoms with Crippen LogP contribution in [0.1, 0.15) is 18.1 Å². The summed E-state index contributed by atoms with van der Waals surface area (Å²) in [6, 6.07) is 6.56. The monoisotopic (exact) mass is 251 g/mol. The molecule has 0 fully saturated rings. The summed E-state index contributed by atoms with van der Waals surface area (Å²) in [6.07, 6.45) is 0. The number of hydrogen-bond acceptors (Lipinski definition) is 3. The number of nitrogens with one attached hydrogen (secondary N) is 1. The summed E-state index contributed by atoms with van der Waals surface area (Å²) in [6.45, 7) is 5.12. The molecule has 4 heteroatoms. The van der Waals surface area contributed by atoms with E-state index in [9.17, 15) is 0 Å². The van der Waals surface area contributed by atoms with Gasteiger partial charge >= 0.3 is 0 Å². The predicted octanol–water partition coefficient (Wildman–Crippen LogP) is 1.99. The fraction of sp³-hybridized carbons (Fsp3) is 0.462. The number of nitrogens with two attached hydrogens (primary N) is 1. The number of aryl methyl sites for hydroxylation is 1. The van der Waals surface area contributed by atoms with E-state index in [0.717, 1.165) is 23.4 Å². The molecule has 17 heavy (non-hydrogen) atoms. The van der Waals surface area contributed by atoms with Crippen molar-refractivity contribution in [3.63, 3.8) is 0 Å². The van der Waals surface area contributed by atoms with Crippen LogP contribution in [0, 0.1) is 6.92 Å². The van der Waals surface area contributed by atoms with Crippen LogP contribution in [0.15, 0.2) is 18.2 Å². The van der Waals surface area contributed by atoms with Crippen molar-refractivity contribution in [1.82, 2.24) is 4.90 Å². The zero-order chi connectivity index (χ0) is 13.0. The average molecular weight is 251 g/mol. The normalized spacial score (nSPS) is 12.5. The highest BCUT2D eigenvalue weighted by Crippen LogP contribution is 2.15. The predicted molar refractivity (Wildman–Crippen MR) is 78.7 cm³/mol. The lowest BCUT2D eigenvalue weighted by Gasteiger charge is -2.21. The van der Waals surface area contributed by atoms with Crippen molar-refractivity contribution < 1.29 is 0 Å². The highest BCUT2D eigenvalue weighted by molar-refractivity contribution is 7.80. The van der Waals surface area contributed by atoms with Crippen LogP contribution >= 0.6 is 12.2 Å². The molecule has 94 valence electrons. The Balaban J connectivity index is 2.68. The van der Waals surface area contributed by atoms with Gasteiger partial charge < -0.3 is 16.0 Å². The number of likely N-dealkylation sites (N-methyl/N-ethyl adjacent to an activating group) is 1. The number of nitrogens with zero attached hydrogens (tertiary/aromatic N) is 1. The van der Waals surface area contributed by atoms with Crippen molar-refractivity contribution in [2.75, 3.05) is 26.0 Å². The van der Waals surface area contributed by atoms with E-state index in [1.54, 1.807) is 0 Å². The summed E-state index contributed by atoms with van der Waals surface area (Å²) in [7, 11) is 4.15. The standard InChI is InChI=1S/C13H21N3S/c1-9-7-11(5-6-12(9)13(14)17)15-8-10(2)16(3)4/h5-7,10,15H,8H2,1-4H3,(H2,14,17). The Kier molecular flexibility index (Phi) is 4.90. The molecular formula is C13H21N3S. The zero-order valence-electron chi connectivity index (χ0n) is 10.9. The fourth-order valence-electron chi connectivity index (χ4n) is 1.50. The third-order valence-electron chi connectivity index (χ3n) is 2.98. The van der Waals surface area contributed by atoms with Gasteiger partial charge in [-0.3, -0.25) is 0 Å². The third kappa shape index (κ3) is 3.98. The fourth-order valence-corrected chi connectivity index (χ4v) is 1.73. The zero-order valence-corrected chi connectivity index (χ0v) is 11.8. The lowest BCUT2D eigenvalue weighted by molar-refractivity contribution is 0.326. The number of thiocarbonyl (C=S) groups is 1. The van der Waals surface area contributed by atoms with Crippen LogP contribution in [0.3, 0.4) is 0 Å². The molecular weight excluding hydrogens is 230 g/mol. The first kappa shape index (κ1) is 13.9. The Bertz CT molecular complexity index is 402. The molecule has 0 aliphatic heterocycles. The van der Waals surface area contributed by atoms with E-state index in [1.165, 1.54) is 0 Å². The van der Waals surface area contributed by atoms with Crippen LogP contribution in [0.4, 0.5) is 5.69 Å². The van der Waals surface area contributed by atoms with Gasteiger partial charge in [-0.15, -0.1) is 0 Å². The van der Waals surface area contributed by atoms with Gasteiger partial charge in [0.1, 0.15) is 4.99 Å². The minimum Gasteiger partial charge on any atom is -0.389 e. The molecule has 3 nitrogen and oxygen atoms in total. The van der Waals surface area contributed by atoms with Crippen LogP contribution in [0.5, 0.6) is 0 Å². The van der Waals surface area contributed by atoms with E-state index in [-0.39, 0.29) is 0 Å². The Morgan fingerprint density at radius 3 is 2.59 bits per heavy atom. The number of benzene rings is 1. The largest absolute Gasteiger partial charge is 0.389 e. The molecule has 0 aliphatic carbocycles. The summed E-state index contributed by atoms with van der Waals surface area (Å²) < 4.78 is 0. The van der Waals surface area contributed by atoms with Gasteiger partial charge in [-0.1, -0.05) is 12.2 Å². The Labute approximate surface area is 109 Å². The van der Waals surface area contributed by atoms with Crippen LogP contribution in [-0.2, 0) is 0 Å². The van der Waals surface area contributed by atoms with Gasteiger partial charge in [-0.05, 0) is 51.7 Å². The second kappa shape index (κ2) is 5.98. The molecule has 0 aromatic heterocycles. The maximum absolute atomic E-state index is 5.63. The van der Waals surface area contributed by atoms with E-state index in [2.05, 4.69) is 37.3 Å². The van der Waals surface area contributed by atoms with E-state index in [0.29, 0.717) is 11.0 Å². The van der Waals surface area contributed by atoms with E-state index < -0.39 is 0 Å². The van der Waals surface area contributed by atoms with Gasteiger partial charge in [-0.25, -0.2) is 0 Å². The van der Waals surface area contributed by atoms with Crippen molar-refractivity contribution in [1.29, 1.82) is 0 Å². The molecule has 0 amide bonds. The molecule has 0 saturated carbocycles. The SMILES string of the molecule is Cc1cc(NCC(C)N(C)C)ccc1C(N)=S. The van der Waals surface area contributed by atoms with Crippen LogP contribution in [0.2, 0.25) is 0 Å². The molecule has 3 N–H and O–H groups in total. The molecule has 0 spiro atoms. The smallest absolute Gasteiger partial charge is 0.104 e. The minimum atomic E-state index is 0.454. The first-order valence-electron chi connectivity index (χ1n) is 5.72. The molecule has 0 heterocycles. The van der Waals surface area contributed by atoms with Gasteiger partial charge in [0.05, 0.1) is 0 Å². The molecule has 1 atom stereocenters. The maximum Gasteiger partial charge on any atom is 0.104 e. The van der Waals surface area contributed by atoms with Crippen LogP contribution in [-0.4, -0.2) is 36.6 Å². The average Bonchev–Trinajstić information content (AvgIpc) is 2.25. The topological polar surface area (TPSA) is 41.3 Å². The number of anilines is 1. The van der Waals surface area contributed by atoms with Crippen molar-refractivity contribution >= 4 is 22.9 Å². The highest BCUT2D eigenvalue weighted by atomic mass is 32.1. The van der Waals surface area contributed by atoms with Crippen molar-refractivity contribution in [2.24, 2.45) is 5.73 Å². The summed E-state index contributed by atoms with van der Waals surface area (Å²) in [5.74, 6) is 0. The van der Waals surface area contributed by atoms with E-state index in [1.807, 2.05) is 19.1 Å². The maximum atomic E-state index is 5.63. The first-order chi connectivity index (χ1) is 7.91. The molecule has 1 rings (SSSR count). The second-order valence-electron chi connectivity index (χ2n) is 4.59. The second-order valence-corrected chi connectivity index (χ2v) is 5.03. The summed E-state index contributed by atoms with van der Waals surface area (Å²) in [5, 5.41) is 3.41. The van der Waals surface area contributed by atoms with Crippen LogP contribution < -0.4 is 11.1 Å². The van der Waals surface area contributed by atoms with Gasteiger partial charge in [0, 0.05) is 23.8 Å². The molecule has 0 saturated heterocycles. The number of hydrogen-bond donors (Lipinski definition) is 2. The van der Waals surface area contributed by atoms with Gasteiger partial charge in [0.15, 0.2) is 0 Å². The summed E-state index contributed by atoms with van der Waals surface area (Å²) in [4.78, 5) is 2.64. The highest BCUT2D eigenvalue weighted by Gasteiger charge is 2.05. The van der Waals surface area contributed by atoms with Gasteiger partial charge in [0.2, 0.25) is 0 Å². The van der Waals surface area contributed by atoms with Gasteiger partial charge in [0.25, 0.3) is 0 Å². The minimum absolute atomic E-state index is 0.454. The molecule has 0 bridgehead atoms. The molecule has 0 aliphatic rings. The third-order valence-corrected chi connectivity index (χ3v) is 3.19.